The van der Waals surface area contributed by atoms with Crippen LogP contribution < -0.4 is 5.73 Å². The number of halogens is 1. The molecule has 20 heavy (non-hydrogen) atoms. The maximum Gasteiger partial charge on any atom is 0.128 e. The first-order valence-electron chi connectivity index (χ1n) is 6.70. The molecule has 2 nitrogen and oxygen atoms in total. The molecule has 2 atom stereocenters. The van der Waals surface area contributed by atoms with Gasteiger partial charge in [-0.2, -0.15) is 0 Å². The van der Waals surface area contributed by atoms with Gasteiger partial charge in [-0.15, -0.1) is 0 Å². The molecule has 0 aromatic heterocycles. The number of hydrogen-bond acceptors (Lipinski definition) is 2. The van der Waals surface area contributed by atoms with E-state index < -0.39 is 5.54 Å². The first-order chi connectivity index (χ1) is 9.44. The number of rotatable bonds is 4. The van der Waals surface area contributed by atoms with Crippen molar-refractivity contribution in [2.75, 3.05) is 14.1 Å². The van der Waals surface area contributed by atoms with Crippen LogP contribution in [0.25, 0.3) is 0 Å². The lowest BCUT2D eigenvalue weighted by molar-refractivity contribution is 0.187. The molecule has 0 aliphatic carbocycles. The maximum absolute atomic E-state index is 14.1. The van der Waals surface area contributed by atoms with Gasteiger partial charge in [0.05, 0.1) is 11.6 Å². The van der Waals surface area contributed by atoms with E-state index in [-0.39, 0.29) is 11.9 Å². The fraction of sp³-hybridized carbons (Fsp3) is 0.294. The van der Waals surface area contributed by atoms with Gasteiger partial charge in [0.15, 0.2) is 0 Å². The Morgan fingerprint density at radius 2 is 1.55 bits per heavy atom. The minimum Gasteiger partial charge on any atom is -0.320 e. The number of nitrogens with two attached hydrogens (primary N) is 1. The van der Waals surface area contributed by atoms with Gasteiger partial charge in [-0.1, -0.05) is 48.5 Å². The van der Waals surface area contributed by atoms with Crippen LogP contribution in [-0.4, -0.2) is 19.0 Å². The van der Waals surface area contributed by atoms with Crippen molar-refractivity contribution in [1.82, 2.24) is 4.90 Å². The third kappa shape index (κ3) is 2.74. The molecular formula is C17H21FN2. The van der Waals surface area contributed by atoms with E-state index in [9.17, 15) is 4.39 Å². The molecule has 3 heteroatoms. The molecule has 0 fully saturated rings. The molecule has 0 saturated carbocycles. The molecule has 0 amide bonds. The smallest absolute Gasteiger partial charge is 0.128 e. The number of likely N-dealkylation sites (N-methyl/N-ethyl adjacent to an activating group) is 1. The summed E-state index contributed by atoms with van der Waals surface area (Å²) in [5.41, 5.74) is 7.32. The van der Waals surface area contributed by atoms with Crippen LogP contribution in [0.5, 0.6) is 0 Å². The summed E-state index contributed by atoms with van der Waals surface area (Å²) in [5.74, 6) is -0.264. The van der Waals surface area contributed by atoms with Gasteiger partial charge in [-0.3, -0.25) is 0 Å². The van der Waals surface area contributed by atoms with Crippen LogP contribution in [0.4, 0.5) is 4.39 Å². The van der Waals surface area contributed by atoms with Crippen LogP contribution in [0.3, 0.4) is 0 Å². The Labute approximate surface area is 120 Å². The standard InChI is InChI=1S/C17H21FN2/c1-17(19,14-11-7-8-12-15(14)18)16(20(2)3)13-9-5-4-6-10-13/h4-12,16H,19H2,1-3H3. The Kier molecular flexibility index (Phi) is 4.21. The zero-order chi connectivity index (χ0) is 14.8. The highest BCUT2D eigenvalue weighted by Gasteiger charge is 2.36. The van der Waals surface area contributed by atoms with Gasteiger partial charge in [-0.25, -0.2) is 4.39 Å². The quantitative estimate of drug-likeness (QED) is 0.925. The molecule has 2 unspecified atom stereocenters. The summed E-state index contributed by atoms with van der Waals surface area (Å²) in [5, 5.41) is 0. The Morgan fingerprint density at radius 3 is 2.10 bits per heavy atom. The number of benzene rings is 2. The van der Waals surface area contributed by atoms with Gasteiger partial charge < -0.3 is 10.6 Å². The van der Waals surface area contributed by atoms with E-state index in [1.807, 2.05) is 62.3 Å². The van der Waals surface area contributed by atoms with E-state index in [0.29, 0.717) is 5.56 Å². The van der Waals surface area contributed by atoms with Gasteiger partial charge in [0, 0.05) is 5.56 Å². The van der Waals surface area contributed by atoms with E-state index in [2.05, 4.69) is 0 Å². The second kappa shape index (κ2) is 5.73. The summed E-state index contributed by atoms with van der Waals surface area (Å²) in [6.45, 7) is 1.88. The Balaban J connectivity index is 2.51. The fourth-order valence-corrected chi connectivity index (χ4v) is 2.86. The van der Waals surface area contributed by atoms with E-state index in [1.165, 1.54) is 6.07 Å². The van der Waals surface area contributed by atoms with Crippen LogP contribution in [0, 0.1) is 5.82 Å². The van der Waals surface area contributed by atoms with Crippen LogP contribution >= 0.6 is 0 Å². The van der Waals surface area contributed by atoms with E-state index in [1.54, 1.807) is 12.1 Å². The second-order valence-electron chi connectivity index (χ2n) is 5.54. The fourth-order valence-electron chi connectivity index (χ4n) is 2.86. The number of nitrogens with zero attached hydrogens (tertiary/aromatic N) is 1. The van der Waals surface area contributed by atoms with Gasteiger partial charge >= 0.3 is 0 Å². The summed E-state index contributed by atoms with van der Waals surface area (Å²) in [6, 6.07) is 16.6. The molecule has 106 valence electrons. The Bertz CT molecular complexity index is 564. The number of hydrogen-bond donors (Lipinski definition) is 1. The van der Waals surface area contributed by atoms with Crippen molar-refractivity contribution < 1.29 is 4.39 Å². The van der Waals surface area contributed by atoms with Crippen LogP contribution in [-0.2, 0) is 5.54 Å². The second-order valence-corrected chi connectivity index (χ2v) is 5.54. The van der Waals surface area contributed by atoms with Crippen molar-refractivity contribution in [2.24, 2.45) is 5.73 Å². The lowest BCUT2D eigenvalue weighted by Gasteiger charge is -2.39. The minimum atomic E-state index is -0.823. The Hall–Kier alpha value is -1.71. The topological polar surface area (TPSA) is 29.3 Å². The summed E-state index contributed by atoms with van der Waals surface area (Å²) in [7, 11) is 3.92. The van der Waals surface area contributed by atoms with Crippen LogP contribution in [0.2, 0.25) is 0 Å². The molecule has 2 aromatic rings. The first-order valence-corrected chi connectivity index (χ1v) is 6.70. The highest BCUT2D eigenvalue weighted by Crippen LogP contribution is 2.36. The predicted molar refractivity (Wildman–Crippen MR) is 80.8 cm³/mol. The van der Waals surface area contributed by atoms with Crippen molar-refractivity contribution in [3.63, 3.8) is 0 Å². The SMILES string of the molecule is CN(C)C(c1ccccc1)C(C)(N)c1ccccc1F. The molecule has 2 rings (SSSR count). The van der Waals surface area contributed by atoms with Gasteiger partial charge in [-0.05, 0) is 32.6 Å². The average Bonchev–Trinajstić information content (AvgIpc) is 2.39. The minimum absolute atomic E-state index is 0.111. The summed E-state index contributed by atoms with van der Waals surface area (Å²) in [6.07, 6.45) is 0. The van der Waals surface area contributed by atoms with Crippen LogP contribution in [0.15, 0.2) is 54.6 Å². The van der Waals surface area contributed by atoms with Gasteiger partial charge in [0.25, 0.3) is 0 Å². The largest absolute Gasteiger partial charge is 0.320 e. The normalized spacial score (nSPS) is 15.9. The highest BCUT2D eigenvalue weighted by molar-refractivity contribution is 5.32. The molecular weight excluding hydrogens is 251 g/mol. The van der Waals surface area contributed by atoms with Crippen molar-refractivity contribution in [3.05, 3.63) is 71.5 Å². The van der Waals surface area contributed by atoms with E-state index in [0.717, 1.165) is 5.56 Å². The van der Waals surface area contributed by atoms with Crippen molar-refractivity contribution in [3.8, 4) is 0 Å². The predicted octanol–water partition coefficient (Wildman–Crippen LogP) is 3.30. The Morgan fingerprint density at radius 1 is 1.00 bits per heavy atom. The first kappa shape index (κ1) is 14.7. The molecule has 0 aliphatic rings. The summed E-state index contributed by atoms with van der Waals surface area (Å²) in [4.78, 5) is 2.03. The van der Waals surface area contributed by atoms with E-state index >= 15 is 0 Å². The van der Waals surface area contributed by atoms with Crippen molar-refractivity contribution in [1.29, 1.82) is 0 Å². The molecule has 0 radical (unpaired) electrons. The summed E-state index contributed by atoms with van der Waals surface area (Å²) < 4.78 is 14.1. The highest BCUT2D eigenvalue weighted by atomic mass is 19.1. The molecule has 0 bridgehead atoms. The zero-order valence-corrected chi connectivity index (χ0v) is 12.2. The molecule has 0 heterocycles. The lowest BCUT2D eigenvalue weighted by atomic mass is 9.81. The molecule has 0 aliphatic heterocycles. The van der Waals surface area contributed by atoms with Crippen molar-refractivity contribution in [2.45, 2.75) is 18.5 Å². The molecule has 0 saturated heterocycles. The molecule has 2 aromatic carbocycles. The van der Waals surface area contributed by atoms with Gasteiger partial charge in [0.1, 0.15) is 5.82 Å². The molecule has 2 N–H and O–H groups in total. The monoisotopic (exact) mass is 272 g/mol. The van der Waals surface area contributed by atoms with Gasteiger partial charge in [0.2, 0.25) is 0 Å². The third-order valence-electron chi connectivity index (χ3n) is 3.65. The summed E-state index contributed by atoms with van der Waals surface area (Å²) >= 11 is 0. The maximum atomic E-state index is 14.1. The zero-order valence-electron chi connectivity index (χ0n) is 12.2. The molecule has 0 spiro atoms. The third-order valence-corrected chi connectivity index (χ3v) is 3.65. The van der Waals surface area contributed by atoms with Crippen LogP contribution in [0.1, 0.15) is 24.1 Å². The average molecular weight is 272 g/mol. The lowest BCUT2D eigenvalue weighted by Crippen LogP contribution is -2.46. The van der Waals surface area contributed by atoms with Crippen molar-refractivity contribution >= 4 is 0 Å². The van der Waals surface area contributed by atoms with E-state index in [4.69, 9.17) is 5.73 Å².